The molecular weight excluding hydrogens is 298 g/mol. The lowest BCUT2D eigenvalue weighted by molar-refractivity contribution is 0.102. The van der Waals surface area contributed by atoms with Gasteiger partial charge in [0.15, 0.2) is 0 Å². The van der Waals surface area contributed by atoms with E-state index >= 15 is 0 Å². The topological polar surface area (TPSA) is 58.4 Å². The lowest BCUT2D eigenvalue weighted by atomic mass is 10.0. The van der Waals surface area contributed by atoms with Gasteiger partial charge in [0, 0.05) is 23.8 Å². The molecule has 0 saturated carbocycles. The monoisotopic (exact) mass is 323 g/mol. The molecule has 1 amide bonds. The average molecular weight is 323 g/mol. The maximum Gasteiger partial charge on any atom is 0.255 e. The molecule has 1 heterocycles. The predicted octanol–water partition coefficient (Wildman–Crippen LogP) is 4.21. The minimum atomic E-state index is -0.102. The summed E-state index contributed by atoms with van der Waals surface area (Å²) in [5.74, 6) is -0.102. The summed E-state index contributed by atoms with van der Waals surface area (Å²) >= 11 is 0. The molecule has 0 spiro atoms. The zero-order valence-electron chi connectivity index (χ0n) is 14.4. The second kappa shape index (κ2) is 6.95. The lowest BCUT2D eigenvalue weighted by Crippen LogP contribution is -2.38. The molecule has 3 N–H and O–H groups in total. The molecule has 1 unspecified atom stereocenters. The van der Waals surface area contributed by atoms with Gasteiger partial charge in [-0.2, -0.15) is 0 Å². The zero-order valence-corrected chi connectivity index (χ0v) is 14.4. The normalized spacial score (nSPS) is 17.6. The van der Waals surface area contributed by atoms with Gasteiger partial charge in [0.05, 0.1) is 11.4 Å². The third-order valence-corrected chi connectivity index (χ3v) is 4.66. The van der Waals surface area contributed by atoms with E-state index in [1.807, 2.05) is 49.4 Å². The number of piperidine rings is 1. The summed E-state index contributed by atoms with van der Waals surface area (Å²) in [5.41, 5.74) is 10.2. The molecule has 126 valence electrons. The van der Waals surface area contributed by atoms with E-state index in [-0.39, 0.29) is 5.91 Å². The molecule has 1 atom stereocenters. The van der Waals surface area contributed by atoms with Gasteiger partial charge in [-0.05, 0) is 63.4 Å². The predicted molar refractivity (Wildman–Crippen MR) is 101 cm³/mol. The second-order valence-electron chi connectivity index (χ2n) is 6.64. The molecule has 4 nitrogen and oxygen atoms in total. The van der Waals surface area contributed by atoms with Gasteiger partial charge < -0.3 is 16.0 Å². The summed E-state index contributed by atoms with van der Waals surface area (Å²) in [5, 5.41) is 3.05. The molecule has 0 aromatic heterocycles. The van der Waals surface area contributed by atoms with Crippen molar-refractivity contribution in [3.05, 3.63) is 53.6 Å². The number of aryl methyl sites for hydroxylation is 1. The number of nitrogens with two attached hydrogens (primary N) is 1. The van der Waals surface area contributed by atoms with Crippen LogP contribution in [0.2, 0.25) is 0 Å². The van der Waals surface area contributed by atoms with Crippen molar-refractivity contribution in [1.82, 2.24) is 0 Å². The number of nitrogens with zero attached hydrogens (tertiary/aromatic N) is 1. The first kappa shape index (κ1) is 16.4. The van der Waals surface area contributed by atoms with Crippen molar-refractivity contribution in [2.24, 2.45) is 0 Å². The van der Waals surface area contributed by atoms with Gasteiger partial charge in [0.2, 0.25) is 0 Å². The van der Waals surface area contributed by atoms with Crippen LogP contribution in [0.1, 0.15) is 42.1 Å². The summed E-state index contributed by atoms with van der Waals surface area (Å²) in [6.45, 7) is 5.23. The molecule has 24 heavy (non-hydrogen) atoms. The van der Waals surface area contributed by atoms with Crippen molar-refractivity contribution in [1.29, 1.82) is 0 Å². The number of hydrogen-bond donors (Lipinski definition) is 2. The first-order chi connectivity index (χ1) is 11.5. The van der Waals surface area contributed by atoms with E-state index in [0.29, 0.717) is 17.3 Å². The number of carbonyl (C=O) groups is 1. The van der Waals surface area contributed by atoms with E-state index in [1.165, 1.54) is 19.3 Å². The molecule has 0 aliphatic carbocycles. The molecule has 0 radical (unpaired) electrons. The van der Waals surface area contributed by atoms with Crippen LogP contribution in [0.5, 0.6) is 0 Å². The van der Waals surface area contributed by atoms with Crippen molar-refractivity contribution in [2.45, 2.75) is 39.2 Å². The van der Waals surface area contributed by atoms with Crippen LogP contribution in [0.3, 0.4) is 0 Å². The fourth-order valence-electron chi connectivity index (χ4n) is 3.34. The van der Waals surface area contributed by atoms with Crippen molar-refractivity contribution >= 4 is 23.0 Å². The number of nitrogen functional groups attached to an aromatic ring is 1. The standard InChI is InChI=1S/C20H25N3O/c1-14-6-5-8-16(12-14)20(24)22-18-13-17(21)9-10-19(18)23-11-4-3-7-15(23)2/h5-6,8-10,12-13,15H,3-4,7,11,21H2,1-2H3,(H,22,24). The molecule has 2 aromatic carbocycles. The quantitative estimate of drug-likeness (QED) is 0.832. The highest BCUT2D eigenvalue weighted by atomic mass is 16.1. The zero-order chi connectivity index (χ0) is 17.1. The number of carbonyl (C=O) groups excluding carboxylic acids is 1. The van der Waals surface area contributed by atoms with Crippen LogP contribution < -0.4 is 16.0 Å². The molecule has 1 saturated heterocycles. The number of nitrogens with one attached hydrogen (secondary N) is 1. The van der Waals surface area contributed by atoms with Crippen LogP contribution in [0.25, 0.3) is 0 Å². The maximum atomic E-state index is 12.6. The van der Waals surface area contributed by atoms with Gasteiger partial charge in [-0.25, -0.2) is 0 Å². The van der Waals surface area contributed by atoms with Crippen LogP contribution in [-0.4, -0.2) is 18.5 Å². The van der Waals surface area contributed by atoms with Crippen LogP contribution in [0.4, 0.5) is 17.1 Å². The highest BCUT2D eigenvalue weighted by Gasteiger charge is 2.22. The minimum Gasteiger partial charge on any atom is -0.399 e. The Bertz CT molecular complexity index is 741. The van der Waals surface area contributed by atoms with Crippen molar-refractivity contribution in [2.75, 3.05) is 22.5 Å². The van der Waals surface area contributed by atoms with Gasteiger partial charge in [0.25, 0.3) is 5.91 Å². The van der Waals surface area contributed by atoms with Crippen LogP contribution in [-0.2, 0) is 0 Å². The number of benzene rings is 2. The fraction of sp³-hybridized carbons (Fsp3) is 0.350. The Kier molecular flexibility index (Phi) is 4.74. The van der Waals surface area contributed by atoms with Crippen LogP contribution >= 0.6 is 0 Å². The Hall–Kier alpha value is -2.49. The van der Waals surface area contributed by atoms with Gasteiger partial charge in [0.1, 0.15) is 0 Å². The second-order valence-corrected chi connectivity index (χ2v) is 6.64. The Morgan fingerprint density at radius 2 is 2.04 bits per heavy atom. The summed E-state index contributed by atoms with van der Waals surface area (Å²) in [4.78, 5) is 15.0. The Labute approximate surface area is 143 Å². The van der Waals surface area contributed by atoms with Gasteiger partial charge >= 0.3 is 0 Å². The lowest BCUT2D eigenvalue weighted by Gasteiger charge is -2.36. The molecule has 0 bridgehead atoms. The largest absolute Gasteiger partial charge is 0.399 e. The molecule has 4 heteroatoms. The van der Waals surface area contributed by atoms with Crippen LogP contribution in [0.15, 0.2) is 42.5 Å². The Balaban J connectivity index is 1.89. The number of anilines is 3. The number of hydrogen-bond acceptors (Lipinski definition) is 3. The number of rotatable bonds is 3. The minimum absolute atomic E-state index is 0.102. The smallest absolute Gasteiger partial charge is 0.255 e. The average Bonchev–Trinajstić information content (AvgIpc) is 2.56. The summed E-state index contributed by atoms with van der Waals surface area (Å²) in [7, 11) is 0. The summed E-state index contributed by atoms with van der Waals surface area (Å²) in [6.07, 6.45) is 3.62. The fourth-order valence-corrected chi connectivity index (χ4v) is 3.34. The molecule has 1 aliphatic rings. The maximum absolute atomic E-state index is 12.6. The van der Waals surface area contributed by atoms with Crippen molar-refractivity contribution < 1.29 is 4.79 Å². The summed E-state index contributed by atoms with van der Waals surface area (Å²) in [6, 6.07) is 13.8. The SMILES string of the molecule is Cc1cccc(C(=O)Nc2cc(N)ccc2N2CCCCC2C)c1. The van der Waals surface area contributed by atoms with Gasteiger partial charge in [-0.15, -0.1) is 0 Å². The summed E-state index contributed by atoms with van der Waals surface area (Å²) < 4.78 is 0. The van der Waals surface area contributed by atoms with Crippen LogP contribution in [0, 0.1) is 6.92 Å². The highest BCUT2D eigenvalue weighted by molar-refractivity contribution is 6.06. The Morgan fingerprint density at radius 1 is 1.21 bits per heavy atom. The van der Waals surface area contributed by atoms with E-state index in [9.17, 15) is 4.79 Å². The van der Waals surface area contributed by atoms with E-state index in [4.69, 9.17) is 5.73 Å². The van der Waals surface area contributed by atoms with E-state index in [2.05, 4.69) is 17.1 Å². The number of amides is 1. The third-order valence-electron chi connectivity index (χ3n) is 4.66. The first-order valence-electron chi connectivity index (χ1n) is 8.59. The molecule has 3 rings (SSSR count). The molecule has 1 fully saturated rings. The van der Waals surface area contributed by atoms with Gasteiger partial charge in [-0.3, -0.25) is 4.79 Å². The molecular formula is C20H25N3O. The molecule has 2 aromatic rings. The Morgan fingerprint density at radius 3 is 2.79 bits per heavy atom. The van der Waals surface area contributed by atoms with E-state index in [1.54, 1.807) is 0 Å². The van der Waals surface area contributed by atoms with E-state index < -0.39 is 0 Å². The highest BCUT2D eigenvalue weighted by Crippen LogP contribution is 2.33. The van der Waals surface area contributed by atoms with Crippen molar-refractivity contribution in [3.8, 4) is 0 Å². The van der Waals surface area contributed by atoms with Gasteiger partial charge in [-0.1, -0.05) is 17.7 Å². The van der Waals surface area contributed by atoms with E-state index in [0.717, 1.165) is 23.5 Å². The first-order valence-corrected chi connectivity index (χ1v) is 8.59. The third kappa shape index (κ3) is 3.53. The molecule has 1 aliphatic heterocycles. The van der Waals surface area contributed by atoms with Crippen molar-refractivity contribution in [3.63, 3.8) is 0 Å².